The maximum Gasteiger partial charge on any atom is 0.306 e. The van der Waals surface area contributed by atoms with Gasteiger partial charge in [-0.05, 0) is 109 Å². The normalized spacial score (nSPS) is 12.5. The highest BCUT2D eigenvalue weighted by Crippen LogP contribution is 2.18. The van der Waals surface area contributed by atoms with E-state index in [1.807, 2.05) is 0 Å². The molecule has 0 aliphatic rings. The Kier molecular flexibility index (Phi) is 65.7. The molecule has 0 N–H and O–H groups in total. The minimum absolute atomic E-state index is 0.0919. The van der Waals surface area contributed by atoms with Gasteiger partial charge >= 0.3 is 17.9 Å². The third-order valence-corrected chi connectivity index (χ3v) is 15.4. The van der Waals surface area contributed by atoms with Crippen LogP contribution < -0.4 is 0 Å². The predicted molar refractivity (Wildman–Crippen MR) is 348 cm³/mol. The van der Waals surface area contributed by atoms with E-state index in [4.69, 9.17) is 14.2 Å². The third-order valence-electron chi connectivity index (χ3n) is 15.4. The quantitative estimate of drug-likeness (QED) is 0.0261. The molecule has 0 fully saturated rings. The number of unbranched alkanes of at least 4 members (excludes halogenated alkanes) is 41. The smallest absolute Gasteiger partial charge is 0.306 e. The van der Waals surface area contributed by atoms with Crippen molar-refractivity contribution in [3.8, 4) is 0 Å². The van der Waals surface area contributed by atoms with Crippen molar-refractivity contribution >= 4 is 17.9 Å². The Labute approximate surface area is 497 Å². The van der Waals surface area contributed by atoms with Crippen LogP contribution in [0.1, 0.15) is 361 Å². The first-order valence-corrected chi connectivity index (χ1v) is 34.9. The van der Waals surface area contributed by atoms with Gasteiger partial charge in [-0.1, -0.05) is 306 Å². The molecule has 0 spiro atoms. The number of ether oxygens (including phenoxy) is 3. The van der Waals surface area contributed by atoms with E-state index in [0.717, 1.165) is 83.5 Å². The summed E-state index contributed by atoms with van der Waals surface area (Å²) in [4.78, 5) is 38.2. The summed E-state index contributed by atoms with van der Waals surface area (Å²) in [6.07, 6.45) is 89.7. The van der Waals surface area contributed by atoms with E-state index in [2.05, 4.69) is 93.7 Å². The first-order valence-electron chi connectivity index (χ1n) is 34.9. The molecule has 0 aliphatic carbocycles. The Morgan fingerprint density at radius 1 is 0.263 bits per heavy atom. The van der Waals surface area contributed by atoms with Gasteiger partial charge in [0.25, 0.3) is 0 Å². The Bertz CT molecular complexity index is 1470. The van der Waals surface area contributed by atoms with Crippen LogP contribution in [-0.4, -0.2) is 37.2 Å². The monoisotopic (exact) mass is 1120 g/mol. The molecule has 0 aromatic rings. The lowest BCUT2D eigenvalue weighted by atomic mass is 10.0. The first-order chi connectivity index (χ1) is 39.5. The lowest BCUT2D eigenvalue weighted by molar-refractivity contribution is -0.167. The maximum atomic E-state index is 12.9. The highest BCUT2D eigenvalue weighted by Gasteiger charge is 2.19. The van der Waals surface area contributed by atoms with Crippen molar-refractivity contribution < 1.29 is 28.6 Å². The fraction of sp³-hybridized carbons (Fsp3) is 0.797. The Balaban J connectivity index is 4.07. The molecule has 0 amide bonds. The van der Waals surface area contributed by atoms with Crippen LogP contribution in [0, 0.1) is 0 Å². The van der Waals surface area contributed by atoms with Crippen LogP contribution in [0.3, 0.4) is 0 Å². The summed E-state index contributed by atoms with van der Waals surface area (Å²) in [7, 11) is 0. The molecular formula is C74H132O6. The van der Waals surface area contributed by atoms with E-state index in [-0.39, 0.29) is 37.5 Å². The second-order valence-electron chi connectivity index (χ2n) is 23.4. The largest absolute Gasteiger partial charge is 0.462 e. The lowest BCUT2D eigenvalue weighted by Gasteiger charge is -2.18. The van der Waals surface area contributed by atoms with Crippen LogP contribution in [0.25, 0.3) is 0 Å². The minimum atomic E-state index is -0.800. The van der Waals surface area contributed by atoms with Gasteiger partial charge in [-0.2, -0.15) is 0 Å². The summed E-state index contributed by atoms with van der Waals surface area (Å²) in [5.74, 6) is -0.929. The SMILES string of the molecule is CC/C=C\C/C=C\C/C=C\C/C=C\CCCCC(=O)OC(COC(=O)CCCCCCC/C=C\CCCCC)COC(=O)CCCCCCCCCCCCCCCCCCCCCCCCC/C=C\CCCCCCCCCC. The van der Waals surface area contributed by atoms with E-state index >= 15 is 0 Å². The molecule has 80 heavy (non-hydrogen) atoms. The summed E-state index contributed by atoms with van der Waals surface area (Å²) in [6, 6.07) is 0. The van der Waals surface area contributed by atoms with Crippen molar-refractivity contribution in [2.45, 2.75) is 367 Å². The zero-order chi connectivity index (χ0) is 57.8. The van der Waals surface area contributed by atoms with E-state index in [0.29, 0.717) is 19.3 Å². The molecule has 0 bridgehead atoms. The number of carbonyl (C=O) groups excluding carboxylic acids is 3. The second kappa shape index (κ2) is 68.3. The van der Waals surface area contributed by atoms with E-state index < -0.39 is 6.10 Å². The minimum Gasteiger partial charge on any atom is -0.462 e. The van der Waals surface area contributed by atoms with Crippen molar-refractivity contribution in [3.05, 3.63) is 72.9 Å². The summed E-state index contributed by atoms with van der Waals surface area (Å²) in [6.45, 7) is 6.50. The van der Waals surface area contributed by atoms with Gasteiger partial charge in [0, 0.05) is 19.3 Å². The van der Waals surface area contributed by atoms with Crippen LogP contribution in [0.15, 0.2) is 72.9 Å². The summed E-state index contributed by atoms with van der Waals surface area (Å²) in [5.41, 5.74) is 0. The molecule has 0 radical (unpaired) electrons. The molecule has 0 saturated heterocycles. The molecule has 0 aromatic heterocycles. The van der Waals surface area contributed by atoms with Crippen molar-refractivity contribution in [1.82, 2.24) is 0 Å². The zero-order valence-corrected chi connectivity index (χ0v) is 53.3. The molecular weight excluding hydrogens is 985 g/mol. The molecule has 1 unspecified atom stereocenters. The van der Waals surface area contributed by atoms with Crippen molar-refractivity contribution in [1.29, 1.82) is 0 Å². The molecule has 0 saturated carbocycles. The molecule has 0 aliphatic heterocycles. The number of esters is 3. The number of carbonyl (C=O) groups is 3. The van der Waals surface area contributed by atoms with Crippen molar-refractivity contribution in [2.24, 2.45) is 0 Å². The van der Waals surface area contributed by atoms with Gasteiger partial charge in [0.05, 0.1) is 0 Å². The van der Waals surface area contributed by atoms with E-state index in [1.165, 1.54) is 231 Å². The molecule has 0 rings (SSSR count). The molecule has 0 aromatic carbocycles. The topological polar surface area (TPSA) is 78.9 Å². The van der Waals surface area contributed by atoms with Gasteiger partial charge in [-0.3, -0.25) is 14.4 Å². The van der Waals surface area contributed by atoms with Crippen molar-refractivity contribution in [2.75, 3.05) is 13.2 Å². The number of rotatable bonds is 64. The number of hydrogen-bond donors (Lipinski definition) is 0. The highest BCUT2D eigenvalue weighted by atomic mass is 16.6. The van der Waals surface area contributed by atoms with Gasteiger partial charge in [-0.25, -0.2) is 0 Å². The number of hydrogen-bond acceptors (Lipinski definition) is 6. The second-order valence-corrected chi connectivity index (χ2v) is 23.4. The van der Waals surface area contributed by atoms with Crippen LogP contribution >= 0.6 is 0 Å². The predicted octanol–water partition coefficient (Wildman–Crippen LogP) is 24.1. The highest BCUT2D eigenvalue weighted by molar-refractivity contribution is 5.71. The summed E-state index contributed by atoms with van der Waals surface area (Å²) >= 11 is 0. The first kappa shape index (κ1) is 76.9. The average molecular weight is 1120 g/mol. The zero-order valence-electron chi connectivity index (χ0n) is 53.3. The lowest BCUT2D eigenvalue weighted by Crippen LogP contribution is -2.30. The van der Waals surface area contributed by atoms with Gasteiger partial charge in [0.1, 0.15) is 13.2 Å². The molecule has 1 atom stereocenters. The molecule has 0 heterocycles. The van der Waals surface area contributed by atoms with Gasteiger partial charge < -0.3 is 14.2 Å². The maximum absolute atomic E-state index is 12.9. The van der Waals surface area contributed by atoms with Crippen molar-refractivity contribution in [3.63, 3.8) is 0 Å². The Morgan fingerprint density at radius 2 is 0.487 bits per heavy atom. The third kappa shape index (κ3) is 65.7. The Morgan fingerprint density at radius 3 is 0.825 bits per heavy atom. The van der Waals surface area contributed by atoms with Crippen LogP contribution in [-0.2, 0) is 28.6 Å². The van der Waals surface area contributed by atoms with Gasteiger partial charge in [0.15, 0.2) is 6.10 Å². The van der Waals surface area contributed by atoms with Gasteiger partial charge in [0.2, 0.25) is 0 Å². The molecule has 6 nitrogen and oxygen atoms in total. The van der Waals surface area contributed by atoms with Gasteiger partial charge in [-0.15, -0.1) is 0 Å². The van der Waals surface area contributed by atoms with Crippen LogP contribution in [0.4, 0.5) is 0 Å². The van der Waals surface area contributed by atoms with Crippen LogP contribution in [0.2, 0.25) is 0 Å². The fourth-order valence-corrected chi connectivity index (χ4v) is 10.2. The standard InChI is InChI=1S/C74H132O6/c1-4-7-10-13-16-19-22-25-27-28-29-30-31-32-33-34-35-36-37-38-39-40-41-42-43-44-45-46-48-49-52-55-58-61-64-67-73(76)79-70-71(69-78-72(75)66-63-60-57-54-51-24-21-18-15-12-9-6-3)80-74(77)68-65-62-59-56-53-50-47-26-23-20-17-14-11-8-5-2/h8,11,17-18,20-21,26,28-29,47,53,56,71H,4-7,9-10,12-16,19,22-25,27,30-46,48-52,54-55,57-70H2,1-3H3/b11-8-,20-17-,21-18-,29-28-,47-26-,56-53-. The van der Waals surface area contributed by atoms with Crippen LogP contribution in [0.5, 0.6) is 0 Å². The number of allylic oxidation sites excluding steroid dienone is 12. The Hall–Kier alpha value is -3.15. The fourth-order valence-electron chi connectivity index (χ4n) is 10.2. The summed E-state index contributed by atoms with van der Waals surface area (Å²) < 4.78 is 16.9. The molecule has 6 heteroatoms. The van der Waals surface area contributed by atoms with E-state index in [9.17, 15) is 14.4 Å². The average Bonchev–Trinajstić information content (AvgIpc) is 3.46. The summed E-state index contributed by atoms with van der Waals surface area (Å²) in [5, 5.41) is 0. The molecule has 464 valence electrons. The van der Waals surface area contributed by atoms with E-state index in [1.54, 1.807) is 0 Å².